The van der Waals surface area contributed by atoms with Gasteiger partial charge in [0.2, 0.25) is 0 Å². The van der Waals surface area contributed by atoms with Gasteiger partial charge in [0.05, 0.1) is 5.39 Å². The first kappa shape index (κ1) is 14.0. The van der Waals surface area contributed by atoms with Crippen molar-refractivity contribution in [3.63, 3.8) is 0 Å². The molecule has 0 saturated carbocycles. The zero-order chi connectivity index (χ0) is 14.8. The number of anilines is 1. The summed E-state index contributed by atoms with van der Waals surface area (Å²) in [6, 6.07) is 0. The minimum absolute atomic E-state index is 0.340. The summed E-state index contributed by atoms with van der Waals surface area (Å²) in [5.74, 6) is -0.169. The Morgan fingerprint density at radius 2 is 2.33 bits per heavy atom. The second kappa shape index (κ2) is 5.81. The predicted molar refractivity (Wildman–Crippen MR) is 84.2 cm³/mol. The highest BCUT2D eigenvalue weighted by atomic mass is 32.1. The fourth-order valence-corrected chi connectivity index (χ4v) is 3.70. The Morgan fingerprint density at radius 1 is 1.48 bits per heavy atom. The molecule has 1 aliphatic carbocycles. The first-order valence-electron chi connectivity index (χ1n) is 7.06. The molecule has 6 heteroatoms. The summed E-state index contributed by atoms with van der Waals surface area (Å²) in [7, 11) is 0. The van der Waals surface area contributed by atoms with E-state index in [0.29, 0.717) is 4.88 Å². The van der Waals surface area contributed by atoms with Crippen LogP contribution < -0.4 is 5.32 Å². The fourth-order valence-electron chi connectivity index (χ4n) is 2.72. The molecule has 2 aromatic rings. The third-order valence-corrected chi connectivity index (χ3v) is 4.98. The molecular formula is C15H17N3O2S. The lowest BCUT2D eigenvalue weighted by atomic mass is 10.1. The summed E-state index contributed by atoms with van der Waals surface area (Å²) in [6.45, 7) is 2.63. The maximum Gasteiger partial charge on any atom is 0.346 e. The van der Waals surface area contributed by atoms with Crippen molar-refractivity contribution < 1.29 is 9.90 Å². The van der Waals surface area contributed by atoms with Crippen molar-refractivity contribution in [2.45, 2.75) is 32.6 Å². The summed E-state index contributed by atoms with van der Waals surface area (Å²) in [4.78, 5) is 20.7. The van der Waals surface area contributed by atoms with Crippen LogP contribution in [0.4, 0.5) is 5.82 Å². The van der Waals surface area contributed by atoms with Gasteiger partial charge >= 0.3 is 5.97 Å². The summed E-state index contributed by atoms with van der Waals surface area (Å²) >= 11 is 1.20. The number of allylic oxidation sites excluding steroid dienone is 1. The van der Waals surface area contributed by atoms with Crippen LogP contribution in [0, 0.1) is 6.92 Å². The van der Waals surface area contributed by atoms with E-state index >= 15 is 0 Å². The van der Waals surface area contributed by atoms with Gasteiger partial charge in [0.25, 0.3) is 0 Å². The van der Waals surface area contributed by atoms with Crippen LogP contribution >= 0.6 is 11.3 Å². The van der Waals surface area contributed by atoms with Crippen molar-refractivity contribution in [3.05, 3.63) is 28.4 Å². The van der Waals surface area contributed by atoms with Crippen LogP contribution in [0.5, 0.6) is 0 Å². The monoisotopic (exact) mass is 303 g/mol. The number of carbonyl (C=O) groups is 1. The average molecular weight is 303 g/mol. The highest BCUT2D eigenvalue weighted by Crippen LogP contribution is 2.33. The molecule has 0 amide bonds. The van der Waals surface area contributed by atoms with Gasteiger partial charge in [-0.2, -0.15) is 0 Å². The highest BCUT2D eigenvalue weighted by molar-refractivity contribution is 7.20. The largest absolute Gasteiger partial charge is 0.477 e. The van der Waals surface area contributed by atoms with E-state index < -0.39 is 5.97 Å². The molecule has 0 saturated heterocycles. The van der Waals surface area contributed by atoms with Gasteiger partial charge < -0.3 is 10.4 Å². The van der Waals surface area contributed by atoms with Crippen molar-refractivity contribution in [3.8, 4) is 0 Å². The molecule has 2 heterocycles. The van der Waals surface area contributed by atoms with E-state index in [1.54, 1.807) is 0 Å². The molecule has 1 aliphatic rings. The Bertz CT molecular complexity index is 721. The average Bonchev–Trinajstić information content (AvgIpc) is 3.07. The third-order valence-electron chi connectivity index (χ3n) is 3.79. The molecule has 0 atom stereocenters. The number of hydrogen-bond acceptors (Lipinski definition) is 5. The topological polar surface area (TPSA) is 75.1 Å². The number of aryl methyl sites for hydroxylation is 1. The zero-order valence-electron chi connectivity index (χ0n) is 11.8. The number of rotatable bonds is 5. The molecule has 0 fully saturated rings. The molecule has 0 bridgehead atoms. The minimum atomic E-state index is -0.905. The van der Waals surface area contributed by atoms with Crippen LogP contribution in [0.15, 0.2) is 18.0 Å². The highest BCUT2D eigenvalue weighted by Gasteiger charge is 2.18. The van der Waals surface area contributed by atoms with Crippen LogP contribution in [0.1, 0.15) is 40.9 Å². The van der Waals surface area contributed by atoms with Crippen LogP contribution in [0.2, 0.25) is 0 Å². The molecule has 0 aliphatic heterocycles. The fraction of sp³-hybridized carbons (Fsp3) is 0.400. The van der Waals surface area contributed by atoms with Gasteiger partial charge in [0.15, 0.2) is 0 Å². The van der Waals surface area contributed by atoms with E-state index in [9.17, 15) is 9.90 Å². The van der Waals surface area contributed by atoms with Crippen LogP contribution in [-0.2, 0) is 0 Å². The molecule has 0 aromatic carbocycles. The molecule has 0 spiro atoms. The van der Waals surface area contributed by atoms with Gasteiger partial charge in [-0.05, 0) is 38.2 Å². The number of aromatic nitrogens is 2. The standard InChI is InChI=1S/C15H17N3O2S/c1-9-11-13(16-7-6-10-4-2-3-5-10)17-8-18-14(11)21-12(9)15(19)20/h4,8H,2-3,5-7H2,1H3,(H,19,20)(H,16,17,18). The molecule has 0 unspecified atom stereocenters. The Kier molecular flexibility index (Phi) is 3.88. The summed E-state index contributed by atoms with van der Waals surface area (Å²) in [5.41, 5.74) is 2.24. The number of nitrogens with zero attached hydrogens (tertiary/aromatic N) is 2. The van der Waals surface area contributed by atoms with Gasteiger partial charge in [0, 0.05) is 6.54 Å². The molecule has 2 aromatic heterocycles. The molecule has 5 nitrogen and oxygen atoms in total. The summed E-state index contributed by atoms with van der Waals surface area (Å²) < 4.78 is 0. The van der Waals surface area contributed by atoms with Crippen LogP contribution in [0.25, 0.3) is 10.2 Å². The van der Waals surface area contributed by atoms with E-state index in [0.717, 1.165) is 34.6 Å². The second-order valence-electron chi connectivity index (χ2n) is 5.20. The van der Waals surface area contributed by atoms with Crippen molar-refractivity contribution in [1.29, 1.82) is 0 Å². The lowest BCUT2D eigenvalue weighted by molar-refractivity contribution is 0.0701. The Hall–Kier alpha value is -1.95. The first-order valence-corrected chi connectivity index (χ1v) is 7.87. The Morgan fingerprint density at radius 3 is 3.05 bits per heavy atom. The third kappa shape index (κ3) is 2.76. The van der Waals surface area contributed by atoms with Crippen molar-refractivity contribution in [1.82, 2.24) is 9.97 Å². The van der Waals surface area contributed by atoms with E-state index in [2.05, 4.69) is 21.4 Å². The van der Waals surface area contributed by atoms with E-state index in [1.807, 2.05) is 6.92 Å². The molecule has 110 valence electrons. The maximum absolute atomic E-state index is 11.2. The maximum atomic E-state index is 11.2. The Balaban J connectivity index is 1.82. The molecular weight excluding hydrogens is 286 g/mol. The lowest BCUT2D eigenvalue weighted by Gasteiger charge is -2.07. The van der Waals surface area contributed by atoms with E-state index in [1.165, 1.54) is 42.5 Å². The number of aromatic carboxylic acids is 1. The number of hydrogen-bond donors (Lipinski definition) is 2. The van der Waals surface area contributed by atoms with E-state index in [-0.39, 0.29) is 0 Å². The number of carboxylic acids is 1. The predicted octanol–water partition coefficient (Wildman–Crippen LogP) is 3.61. The van der Waals surface area contributed by atoms with Crippen LogP contribution in [0.3, 0.4) is 0 Å². The van der Waals surface area contributed by atoms with Gasteiger partial charge in [-0.1, -0.05) is 11.6 Å². The van der Waals surface area contributed by atoms with Gasteiger partial charge in [-0.3, -0.25) is 0 Å². The molecule has 2 N–H and O–H groups in total. The number of carboxylic acid groups (broad SMARTS) is 1. The van der Waals surface area contributed by atoms with Gasteiger partial charge in [-0.15, -0.1) is 11.3 Å². The second-order valence-corrected chi connectivity index (χ2v) is 6.19. The quantitative estimate of drug-likeness (QED) is 0.825. The van der Waals surface area contributed by atoms with Crippen molar-refractivity contribution in [2.75, 3.05) is 11.9 Å². The smallest absolute Gasteiger partial charge is 0.346 e. The minimum Gasteiger partial charge on any atom is -0.477 e. The zero-order valence-corrected chi connectivity index (χ0v) is 12.7. The number of thiophene rings is 1. The van der Waals surface area contributed by atoms with Crippen molar-refractivity contribution >= 4 is 33.3 Å². The van der Waals surface area contributed by atoms with Gasteiger partial charge in [0.1, 0.15) is 21.9 Å². The summed E-state index contributed by atoms with van der Waals surface area (Å²) in [5, 5.41) is 13.4. The van der Waals surface area contributed by atoms with Crippen molar-refractivity contribution in [2.24, 2.45) is 0 Å². The van der Waals surface area contributed by atoms with Gasteiger partial charge in [-0.25, -0.2) is 14.8 Å². The molecule has 0 radical (unpaired) electrons. The molecule has 3 rings (SSSR count). The summed E-state index contributed by atoms with van der Waals surface area (Å²) in [6.07, 6.45) is 8.47. The number of fused-ring (bicyclic) bond motifs is 1. The SMILES string of the molecule is Cc1c(C(=O)O)sc2ncnc(NCCC3=CCCC3)c12. The number of nitrogens with one attached hydrogen (secondary N) is 1. The lowest BCUT2D eigenvalue weighted by Crippen LogP contribution is -2.05. The first-order chi connectivity index (χ1) is 10.2. The normalized spacial score (nSPS) is 14.4. The molecule has 21 heavy (non-hydrogen) atoms. The Labute approximate surface area is 126 Å². The van der Waals surface area contributed by atoms with Crippen LogP contribution in [-0.4, -0.2) is 27.6 Å². The van der Waals surface area contributed by atoms with E-state index in [4.69, 9.17) is 0 Å².